The van der Waals surface area contributed by atoms with E-state index in [1.165, 1.54) is 55.9 Å². The van der Waals surface area contributed by atoms with Crippen molar-refractivity contribution in [1.82, 2.24) is 10.6 Å². The molecule has 1 saturated heterocycles. The van der Waals surface area contributed by atoms with Crippen LogP contribution in [0.3, 0.4) is 0 Å². The summed E-state index contributed by atoms with van der Waals surface area (Å²) in [4.78, 5) is 25.2. The number of phenols is 1. The Morgan fingerprint density at radius 1 is 1.10 bits per heavy atom. The number of urea groups is 1. The maximum Gasteiger partial charge on any atom is 0.437 e. The molecule has 3 atom stereocenters. The van der Waals surface area contributed by atoms with Crippen molar-refractivity contribution in [3.8, 4) is 17.2 Å². The number of nitrogens with one attached hydrogen (secondary N) is 2. The second-order valence-corrected chi connectivity index (χ2v) is 6.84. The van der Waals surface area contributed by atoms with E-state index in [1.807, 2.05) is 0 Å². The number of ether oxygens (including phenoxy) is 2. The fourth-order valence-corrected chi connectivity index (χ4v) is 3.44. The van der Waals surface area contributed by atoms with Gasteiger partial charge in [-0.2, -0.15) is 13.2 Å². The first-order chi connectivity index (χ1) is 14.5. The van der Waals surface area contributed by atoms with Crippen LogP contribution < -0.4 is 20.1 Å². The Balaban J connectivity index is 2.16. The second kappa shape index (κ2) is 7.99. The number of hydrogen-bond acceptors (Lipinski definition) is 6. The van der Waals surface area contributed by atoms with Crippen molar-refractivity contribution in [2.24, 2.45) is 5.92 Å². The smallest absolute Gasteiger partial charge is 0.437 e. The molecular formula is C20H19F3N2O6. The van der Waals surface area contributed by atoms with Gasteiger partial charge in [0.2, 0.25) is 5.72 Å². The molecule has 166 valence electrons. The van der Waals surface area contributed by atoms with Crippen LogP contribution in [0.1, 0.15) is 22.0 Å². The van der Waals surface area contributed by atoms with Crippen molar-refractivity contribution in [3.63, 3.8) is 0 Å². The largest absolute Gasteiger partial charge is 0.504 e. The van der Waals surface area contributed by atoms with Gasteiger partial charge in [-0.3, -0.25) is 4.79 Å². The molecule has 2 amide bonds. The molecule has 0 spiro atoms. The van der Waals surface area contributed by atoms with Gasteiger partial charge in [-0.25, -0.2) is 4.79 Å². The molecule has 8 nitrogen and oxygen atoms in total. The third-order valence-corrected chi connectivity index (χ3v) is 5.03. The summed E-state index contributed by atoms with van der Waals surface area (Å²) in [7, 11) is 2.61. The van der Waals surface area contributed by atoms with Crippen LogP contribution in [-0.2, 0) is 0 Å². The number of Topliss-reactive ketones (excluding diaryl/α,β-unsaturated/α-hetero) is 1. The summed E-state index contributed by atoms with van der Waals surface area (Å²) in [5, 5.41) is 24.1. The van der Waals surface area contributed by atoms with Crippen molar-refractivity contribution in [3.05, 3.63) is 53.6 Å². The van der Waals surface area contributed by atoms with E-state index in [0.717, 1.165) is 6.07 Å². The molecule has 1 aliphatic heterocycles. The van der Waals surface area contributed by atoms with Crippen molar-refractivity contribution in [2.75, 3.05) is 14.2 Å². The molecule has 1 fully saturated rings. The Hall–Kier alpha value is -3.47. The van der Waals surface area contributed by atoms with Crippen molar-refractivity contribution in [2.45, 2.75) is 17.9 Å². The Bertz CT molecular complexity index is 995. The highest BCUT2D eigenvalue weighted by atomic mass is 19.4. The van der Waals surface area contributed by atoms with Crippen LogP contribution in [-0.4, -0.2) is 48.1 Å². The van der Waals surface area contributed by atoms with Crippen molar-refractivity contribution >= 4 is 11.8 Å². The summed E-state index contributed by atoms with van der Waals surface area (Å²) in [6.45, 7) is 0. The van der Waals surface area contributed by atoms with Gasteiger partial charge in [-0.15, -0.1) is 0 Å². The van der Waals surface area contributed by atoms with E-state index in [-0.39, 0.29) is 22.6 Å². The minimum Gasteiger partial charge on any atom is -0.504 e. The molecule has 0 unspecified atom stereocenters. The topological polar surface area (TPSA) is 117 Å². The molecule has 1 aliphatic rings. The van der Waals surface area contributed by atoms with Gasteiger partial charge in [-0.1, -0.05) is 6.07 Å². The average Bonchev–Trinajstić information content (AvgIpc) is 2.72. The molecule has 0 saturated carbocycles. The predicted octanol–water partition coefficient (Wildman–Crippen LogP) is 2.51. The van der Waals surface area contributed by atoms with E-state index in [4.69, 9.17) is 9.47 Å². The first-order valence-corrected chi connectivity index (χ1v) is 8.94. The van der Waals surface area contributed by atoms with Gasteiger partial charge in [0.05, 0.1) is 20.3 Å². The molecule has 11 heteroatoms. The number of amides is 2. The average molecular weight is 440 g/mol. The number of aliphatic hydroxyl groups is 1. The summed E-state index contributed by atoms with van der Waals surface area (Å²) >= 11 is 0. The van der Waals surface area contributed by atoms with E-state index >= 15 is 0 Å². The minimum absolute atomic E-state index is 0.0130. The quantitative estimate of drug-likeness (QED) is 0.531. The zero-order valence-electron chi connectivity index (χ0n) is 16.4. The predicted molar refractivity (Wildman–Crippen MR) is 101 cm³/mol. The number of carbonyl (C=O) groups is 2. The van der Waals surface area contributed by atoms with Crippen LogP contribution in [0.15, 0.2) is 42.5 Å². The molecule has 1 heterocycles. The van der Waals surface area contributed by atoms with E-state index in [2.05, 4.69) is 5.32 Å². The van der Waals surface area contributed by atoms with Crippen molar-refractivity contribution in [1.29, 1.82) is 0 Å². The molecule has 0 radical (unpaired) electrons. The van der Waals surface area contributed by atoms with E-state index in [1.54, 1.807) is 0 Å². The molecular weight excluding hydrogens is 421 g/mol. The van der Waals surface area contributed by atoms with Gasteiger partial charge >= 0.3 is 12.2 Å². The maximum absolute atomic E-state index is 13.9. The molecule has 0 aromatic heterocycles. The lowest BCUT2D eigenvalue weighted by Gasteiger charge is -2.45. The van der Waals surface area contributed by atoms with Gasteiger partial charge < -0.3 is 30.3 Å². The van der Waals surface area contributed by atoms with Crippen molar-refractivity contribution < 1.29 is 42.4 Å². The molecule has 0 aliphatic carbocycles. The lowest BCUT2D eigenvalue weighted by Crippen LogP contribution is -2.72. The van der Waals surface area contributed by atoms with E-state index in [9.17, 15) is 33.0 Å². The van der Waals surface area contributed by atoms with Gasteiger partial charge in [0.15, 0.2) is 17.3 Å². The second-order valence-electron chi connectivity index (χ2n) is 6.84. The summed E-state index contributed by atoms with van der Waals surface area (Å²) in [6, 6.07) is 5.90. The van der Waals surface area contributed by atoms with E-state index in [0.29, 0.717) is 5.75 Å². The number of methoxy groups -OCH3 is 2. The Labute approximate surface area is 174 Å². The normalized spacial score (nSPS) is 23.5. The highest BCUT2D eigenvalue weighted by molar-refractivity contribution is 6.00. The van der Waals surface area contributed by atoms with Crippen LogP contribution in [0.2, 0.25) is 0 Å². The zero-order chi connectivity index (χ0) is 23.0. The van der Waals surface area contributed by atoms with Crippen LogP contribution in [0.4, 0.5) is 18.0 Å². The standard InChI is InChI=1S/C20H19F3N2O6/c1-30-12-6-3-10(4-7-12)17(27)15-16(11-5-8-13(26)14(9-11)31-2)24-18(28)25-19(15,29)20(21,22)23/h3-9,15-16,26,29H,1-2H3,(H2,24,25,28)/t15-,16-,19-/m0/s1. The summed E-state index contributed by atoms with van der Waals surface area (Å²) in [6.07, 6.45) is -5.38. The number of carbonyl (C=O) groups excluding carboxylic acids is 2. The Morgan fingerprint density at radius 3 is 2.29 bits per heavy atom. The van der Waals surface area contributed by atoms with Gasteiger partial charge in [0.1, 0.15) is 11.7 Å². The lowest BCUT2D eigenvalue weighted by molar-refractivity contribution is -0.287. The molecule has 4 N–H and O–H groups in total. The molecule has 2 aromatic carbocycles. The highest BCUT2D eigenvalue weighted by Gasteiger charge is 2.66. The summed E-state index contributed by atoms with van der Waals surface area (Å²) in [5.41, 5.74) is -3.98. The first kappa shape index (κ1) is 22.2. The SMILES string of the molecule is COc1ccc(C(=O)[C@@H]2[C@H](c3ccc(O)c(OC)c3)NC(=O)N[C@@]2(O)C(F)(F)F)cc1. The number of aromatic hydroxyl groups is 1. The van der Waals surface area contributed by atoms with Crippen LogP contribution >= 0.6 is 0 Å². The van der Waals surface area contributed by atoms with Gasteiger partial charge in [-0.05, 0) is 42.0 Å². The summed E-state index contributed by atoms with van der Waals surface area (Å²) < 4.78 is 51.7. The first-order valence-electron chi connectivity index (χ1n) is 8.94. The number of ketones is 1. The molecule has 0 bridgehead atoms. The van der Waals surface area contributed by atoms with Gasteiger partial charge in [0, 0.05) is 5.56 Å². The fraction of sp³-hybridized carbons (Fsp3) is 0.300. The third-order valence-electron chi connectivity index (χ3n) is 5.03. The molecule has 31 heavy (non-hydrogen) atoms. The zero-order valence-corrected chi connectivity index (χ0v) is 16.4. The van der Waals surface area contributed by atoms with Crippen LogP contribution in [0, 0.1) is 5.92 Å². The monoisotopic (exact) mass is 440 g/mol. The number of benzene rings is 2. The number of hydrogen-bond donors (Lipinski definition) is 4. The Morgan fingerprint density at radius 2 is 1.74 bits per heavy atom. The van der Waals surface area contributed by atoms with Crippen LogP contribution in [0.25, 0.3) is 0 Å². The Kier molecular flexibility index (Phi) is 5.72. The maximum atomic E-state index is 13.9. The minimum atomic E-state index is -5.38. The number of halogens is 3. The molecule has 3 rings (SSSR count). The molecule has 2 aromatic rings. The number of alkyl halides is 3. The van der Waals surface area contributed by atoms with Gasteiger partial charge in [0.25, 0.3) is 0 Å². The third kappa shape index (κ3) is 3.96. The highest BCUT2D eigenvalue weighted by Crippen LogP contribution is 2.45. The number of phenolic OH excluding ortho intramolecular Hbond substituents is 1. The van der Waals surface area contributed by atoms with Crippen LogP contribution in [0.5, 0.6) is 17.2 Å². The lowest BCUT2D eigenvalue weighted by atomic mass is 9.77. The fourth-order valence-electron chi connectivity index (χ4n) is 3.44. The summed E-state index contributed by atoms with van der Waals surface area (Å²) in [5.74, 6) is -3.29. The number of rotatable bonds is 5. The van der Waals surface area contributed by atoms with E-state index < -0.39 is 35.7 Å².